The number of rotatable bonds is 4. The number of hydrogen-bond acceptors (Lipinski definition) is 6. The molecule has 0 radical (unpaired) electrons. The van der Waals surface area contributed by atoms with E-state index >= 15 is 0 Å². The first kappa shape index (κ1) is 16.3. The molecule has 0 unspecified atom stereocenters. The zero-order chi connectivity index (χ0) is 16.4. The normalized spacial score (nSPS) is 21.6. The SMILES string of the molecule is C[C@@H]1CCC[C@H](C)N1C(=O)CSc1nnc(-c2cccs2)n1N. The molecule has 1 saturated heterocycles. The fraction of sp³-hybridized carbons (Fsp3) is 0.533. The van der Waals surface area contributed by atoms with Gasteiger partial charge in [0.1, 0.15) is 0 Å². The van der Waals surface area contributed by atoms with Gasteiger partial charge in [-0.05, 0) is 44.6 Å². The van der Waals surface area contributed by atoms with Gasteiger partial charge < -0.3 is 10.7 Å². The topological polar surface area (TPSA) is 77.0 Å². The molecule has 124 valence electrons. The second-order valence-electron chi connectivity index (χ2n) is 5.87. The molecule has 6 nitrogen and oxygen atoms in total. The van der Waals surface area contributed by atoms with E-state index in [4.69, 9.17) is 5.84 Å². The van der Waals surface area contributed by atoms with Crippen molar-refractivity contribution in [1.82, 2.24) is 19.8 Å². The molecule has 0 spiro atoms. The lowest BCUT2D eigenvalue weighted by Crippen LogP contribution is -2.48. The summed E-state index contributed by atoms with van der Waals surface area (Å²) in [6.07, 6.45) is 3.35. The smallest absolute Gasteiger partial charge is 0.233 e. The van der Waals surface area contributed by atoms with E-state index < -0.39 is 0 Å². The number of thiophene rings is 1. The van der Waals surface area contributed by atoms with E-state index in [2.05, 4.69) is 24.0 Å². The van der Waals surface area contributed by atoms with Crippen molar-refractivity contribution in [2.45, 2.75) is 50.4 Å². The molecule has 3 rings (SSSR count). The number of carbonyl (C=O) groups excluding carboxylic acids is 1. The van der Waals surface area contributed by atoms with E-state index in [1.807, 2.05) is 22.4 Å². The van der Waals surface area contributed by atoms with Crippen molar-refractivity contribution >= 4 is 29.0 Å². The Balaban J connectivity index is 1.65. The summed E-state index contributed by atoms with van der Waals surface area (Å²) < 4.78 is 1.47. The van der Waals surface area contributed by atoms with Crippen molar-refractivity contribution in [1.29, 1.82) is 0 Å². The quantitative estimate of drug-likeness (QED) is 0.677. The van der Waals surface area contributed by atoms with Crippen LogP contribution in [0.15, 0.2) is 22.7 Å². The van der Waals surface area contributed by atoms with Crippen LogP contribution in [0.5, 0.6) is 0 Å². The number of nitrogens with zero attached hydrogens (tertiary/aromatic N) is 4. The molecule has 1 aliphatic rings. The number of piperidine rings is 1. The van der Waals surface area contributed by atoms with E-state index in [-0.39, 0.29) is 5.91 Å². The average molecular weight is 352 g/mol. The first-order valence-corrected chi connectivity index (χ1v) is 9.62. The van der Waals surface area contributed by atoms with Gasteiger partial charge in [0.15, 0.2) is 5.82 Å². The van der Waals surface area contributed by atoms with Gasteiger partial charge in [-0.2, -0.15) is 0 Å². The lowest BCUT2D eigenvalue weighted by atomic mass is 9.98. The van der Waals surface area contributed by atoms with Crippen molar-refractivity contribution in [2.24, 2.45) is 0 Å². The van der Waals surface area contributed by atoms with Crippen molar-refractivity contribution in [3.63, 3.8) is 0 Å². The van der Waals surface area contributed by atoms with Crippen LogP contribution in [0.4, 0.5) is 0 Å². The highest BCUT2D eigenvalue weighted by atomic mass is 32.2. The Morgan fingerprint density at radius 1 is 1.39 bits per heavy atom. The van der Waals surface area contributed by atoms with Crippen LogP contribution < -0.4 is 5.84 Å². The zero-order valence-electron chi connectivity index (χ0n) is 13.3. The molecule has 0 saturated carbocycles. The van der Waals surface area contributed by atoms with Crippen LogP contribution in [0.3, 0.4) is 0 Å². The summed E-state index contributed by atoms with van der Waals surface area (Å²) in [5.41, 5.74) is 0. The average Bonchev–Trinajstić information content (AvgIpc) is 3.14. The number of nitrogens with two attached hydrogens (primary N) is 1. The molecule has 3 heterocycles. The number of carbonyl (C=O) groups is 1. The first-order chi connectivity index (χ1) is 11.1. The Labute approximate surface area is 144 Å². The number of aromatic nitrogens is 3. The fourth-order valence-corrected chi connectivity index (χ4v) is 4.49. The predicted octanol–water partition coefficient (Wildman–Crippen LogP) is 2.60. The Morgan fingerprint density at radius 2 is 2.13 bits per heavy atom. The number of amides is 1. The Bertz CT molecular complexity index is 659. The maximum Gasteiger partial charge on any atom is 0.233 e. The monoisotopic (exact) mass is 351 g/mol. The lowest BCUT2D eigenvalue weighted by Gasteiger charge is -2.39. The van der Waals surface area contributed by atoms with Gasteiger partial charge in [0, 0.05) is 12.1 Å². The zero-order valence-corrected chi connectivity index (χ0v) is 14.9. The fourth-order valence-electron chi connectivity index (χ4n) is 3.06. The van der Waals surface area contributed by atoms with Crippen LogP contribution in [-0.2, 0) is 4.79 Å². The van der Waals surface area contributed by atoms with E-state index in [9.17, 15) is 4.79 Å². The minimum absolute atomic E-state index is 0.148. The summed E-state index contributed by atoms with van der Waals surface area (Å²) in [6.45, 7) is 4.25. The summed E-state index contributed by atoms with van der Waals surface area (Å²) in [4.78, 5) is 15.5. The second kappa shape index (κ2) is 6.92. The van der Waals surface area contributed by atoms with Crippen LogP contribution in [0, 0.1) is 0 Å². The molecule has 2 aromatic rings. The maximum atomic E-state index is 12.5. The molecule has 0 aromatic carbocycles. The van der Waals surface area contributed by atoms with E-state index in [1.54, 1.807) is 11.3 Å². The van der Waals surface area contributed by atoms with Crippen molar-refractivity contribution < 1.29 is 4.79 Å². The molecule has 23 heavy (non-hydrogen) atoms. The standard InChI is InChI=1S/C15H21N5OS2/c1-10-5-3-6-11(2)19(10)13(21)9-23-15-18-17-14(20(15)16)12-7-4-8-22-12/h4,7-8,10-11H,3,5-6,9,16H2,1-2H3/t10-,11+. The third-order valence-electron chi connectivity index (χ3n) is 4.21. The number of nitrogen functional groups attached to an aromatic ring is 1. The molecule has 2 atom stereocenters. The summed E-state index contributed by atoms with van der Waals surface area (Å²) >= 11 is 2.91. The van der Waals surface area contributed by atoms with Crippen LogP contribution in [0.25, 0.3) is 10.7 Å². The van der Waals surface area contributed by atoms with Gasteiger partial charge in [0.2, 0.25) is 11.1 Å². The van der Waals surface area contributed by atoms with Crippen molar-refractivity contribution in [3.8, 4) is 10.7 Å². The highest BCUT2D eigenvalue weighted by Gasteiger charge is 2.29. The highest BCUT2D eigenvalue weighted by molar-refractivity contribution is 7.99. The van der Waals surface area contributed by atoms with Crippen molar-refractivity contribution in [2.75, 3.05) is 11.6 Å². The van der Waals surface area contributed by atoms with Gasteiger partial charge in [-0.3, -0.25) is 4.79 Å². The molecule has 0 bridgehead atoms. The largest absolute Gasteiger partial charge is 0.337 e. The van der Waals surface area contributed by atoms with E-state index in [1.165, 1.54) is 22.9 Å². The third-order valence-corrected chi connectivity index (χ3v) is 6.01. The van der Waals surface area contributed by atoms with Gasteiger partial charge in [-0.1, -0.05) is 17.8 Å². The highest BCUT2D eigenvalue weighted by Crippen LogP contribution is 2.27. The molecule has 2 aromatic heterocycles. The number of hydrogen-bond donors (Lipinski definition) is 1. The van der Waals surface area contributed by atoms with Gasteiger partial charge in [0.25, 0.3) is 0 Å². The summed E-state index contributed by atoms with van der Waals surface area (Å²) in [5.74, 6) is 7.19. The van der Waals surface area contributed by atoms with Gasteiger partial charge in [-0.25, -0.2) is 4.68 Å². The van der Waals surface area contributed by atoms with Gasteiger partial charge >= 0.3 is 0 Å². The Hall–Kier alpha value is -1.54. The van der Waals surface area contributed by atoms with Gasteiger partial charge in [-0.15, -0.1) is 21.5 Å². The van der Waals surface area contributed by atoms with Crippen LogP contribution in [-0.4, -0.2) is 43.5 Å². The molecule has 8 heteroatoms. The van der Waals surface area contributed by atoms with Gasteiger partial charge in [0.05, 0.1) is 10.6 Å². The number of thioether (sulfide) groups is 1. The van der Waals surface area contributed by atoms with Crippen LogP contribution >= 0.6 is 23.1 Å². The van der Waals surface area contributed by atoms with E-state index in [0.717, 1.165) is 17.7 Å². The first-order valence-electron chi connectivity index (χ1n) is 7.76. The molecule has 2 N–H and O–H groups in total. The molecule has 0 aliphatic carbocycles. The predicted molar refractivity (Wildman–Crippen MR) is 93.8 cm³/mol. The van der Waals surface area contributed by atoms with Crippen LogP contribution in [0.1, 0.15) is 33.1 Å². The molecule has 1 fully saturated rings. The summed E-state index contributed by atoms with van der Waals surface area (Å²) in [5, 5.41) is 10.8. The summed E-state index contributed by atoms with van der Waals surface area (Å²) in [6, 6.07) is 4.52. The Kier molecular flexibility index (Phi) is 4.91. The Morgan fingerprint density at radius 3 is 2.78 bits per heavy atom. The molecule has 1 aliphatic heterocycles. The summed E-state index contributed by atoms with van der Waals surface area (Å²) in [7, 11) is 0. The minimum Gasteiger partial charge on any atom is -0.337 e. The third kappa shape index (κ3) is 3.37. The molecule has 1 amide bonds. The maximum absolute atomic E-state index is 12.5. The second-order valence-corrected chi connectivity index (χ2v) is 7.76. The molecular weight excluding hydrogens is 330 g/mol. The van der Waals surface area contributed by atoms with Crippen molar-refractivity contribution in [3.05, 3.63) is 17.5 Å². The molecular formula is C15H21N5OS2. The van der Waals surface area contributed by atoms with Crippen LogP contribution in [0.2, 0.25) is 0 Å². The number of likely N-dealkylation sites (tertiary alicyclic amines) is 1. The minimum atomic E-state index is 0.148. The lowest BCUT2D eigenvalue weighted by molar-refractivity contribution is -0.134. The van der Waals surface area contributed by atoms with E-state index in [0.29, 0.717) is 28.8 Å².